The molecule has 0 aliphatic carbocycles. The summed E-state index contributed by atoms with van der Waals surface area (Å²) in [5, 5.41) is 9.38. The van der Waals surface area contributed by atoms with E-state index in [2.05, 4.69) is 0 Å². The molecule has 1 rings (SSSR count). The fourth-order valence-electron chi connectivity index (χ4n) is 1.65. The van der Waals surface area contributed by atoms with Crippen LogP contribution in [-0.2, 0) is 10.3 Å². The normalized spacial score (nSPS) is 25.1. The van der Waals surface area contributed by atoms with Crippen LogP contribution in [0.1, 0.15) is 13.8 Å². The Morgan fingerprint density at radius 2 is 1.60 bits per heavy atom. The van der Waals surface area contributed by atoms with Gasteiger partial charge in [0.25, 0.3) is 0 Å². The van der Waals surface area contributed by atoms with Crippen molar-refractivity contribution in [2.45, 2.75) is 26.0 Å². The molecule has 6 nitrogen and oxygen atoms in total. The van der Waals surface area contributed by atoms with Gasteiger partial charge in [0.2, 0.25) is 0 Å². The van der Waals surface area contributed by atoms with Crippen molar-refractivity contribution in [2.24, 2.45) is 0 Å². The molecule has 7 heteroatoms. The third-order valence-corrected chi connectivity index (χ3v) is 3.89. The van der Waals surface area contributed by atoms with E-state index in [0.29, 0.717) is 13.1 Å². The highest BCUT2D eigenvalue weighted by Crippen LogP contribution is 2.10. The predicted octanol–water partition coefficient (Wildman–Crippen LogP) is -0.824. The van der Waals surface area contributed by atoms with Crippen LogP contribution in [0, 0.1) is 0 Å². The molecule has 1 heterocycles. The van der Waals surface area contributed by atoms with Crippen LogP contribution in [0.15, 0.2) is 0 Å². The molecule has 0 aromatic rings. The maximum Gasteiger partial charge on any atom is 0.335 e. The molecule has 1 aliphatic rings. The first-order valence-electron chi connectivity index (χ1n) is 4.97. The standard InChI is InChI=1S/C8H18N2O4S/c1-7(8(2)11)9-3-5-10(6-4-9)15(12,13)14/h7-8,11H,3-6H2,1-2H3,(H,12,13,14). The van der Waals surface area contributed by atoms with Crippen LogP contribution < -0.4 is 0 Å². The Balaban J connectivity index is 2.50. The fraction of sp³-hybridized carbons (Fsp3) is 1.00. The summed E-state index contributed by atoms with van der Waals surface area (Å²) in [6.45, 7) is 5.22. The van der Waals surface area contributed by atoms with E-state index < -0.39 is 16.4 Å². The number of hydrogen-bond donors (Lipinski definition) is 2. The molecule has 0 radical (unpaired) electrons. The molecule has 1 fully saturated rings. The molecule has 90 valence electrons. The molecular weight excluding hydrogens is 220 g/mol. The van der Waals surface area contributed by atoms with E-state index in [1.165, 1.54) is 0 Å². The lowest BCUT2D eigenvalue weighted by molar-refractivity contribution is 0.0499. The molecule has 1 aliphatic heterocycles. The van der Waals surface area contributed by atoms with Crippen molar-refractivity contribution >= 4 is 10.3 Å². The third kappa shape index (κ3) is 3.39. The SMILES string of the molecule is CC(O)C(C)N1CCN(S(=O)(=O)O)CC1. The second-order valence-corrected chi connectivity index (χ2v) is 5.31. The highest BCUT2D eigenvalue weighted by Gasteiger charge is 2.28. The highest BCUT2D eigenvalue weighted by atomic mass is 32.2. The predicted molar refractivity (Wildman–Crippen MR) is 55.8 cm³/mol. The number of piperazine rings is 1. The van der Waals surface area contributed by atoms with E-state index in [1.54, 1.807) is 6.92 Å². The number of rotatable bonds is 3. The summed E-state index contributed by atoms with van der Waals surface area (Å²) in [7, 11) is -4.05. The van der Waals surface area contributed by atoms with E-state index in [-0.39, 0.29) is 19.1 Å². The number of hydrogen-bond acceptors (Lipinski definition) is 4. The van der Waals surface area contributed by atoms with Gasteiger partial charge >= 0.3 is 10.3 Å². The van der Waals surface area contributed by atoms with Crippen LogP contribution in [0.4, 0.5) is 0 Å². The molecule has 0 spiro atoms. The topological polar surface area (TPSA) is 81.1 Å². The van der Waals surface area contributed by atoms with E-state index in [4.69, 9.17) is 4.55 Å². The minimum atomic E-state index is -4.05. The molecule has 0 aromatic heterocycles. The summed E-state index contributed by atoms with van der Waals surface area (Å²) < 4.78 is 31.5. The van der Waals surface area contributed by atoms with Gasteiger partial charge in [-0.05, 0) is 13.8 Å². The van der Waals surface area contributed by atoms with Gasteiger partial charge in [-0.15, -0.1) is 0 Å². The molecule has 2 N–H and O–H groups in total. The lowest BCUT2D eigenvalue weighted by atomic mass is 10.1. The molecule has 0 bridgehead atoms. The zero-order valence-corrected chi connectivity index (χ0v) is 9.81. The van der Waals surface area contributed by atoms with Crippen molar-refractivity contribution in [3.63, 3.8) is 0 Å². The Kier molecular flexibility index (Phi) is 4.07. The number of aliphatic hydroxyl groups excluding tert-OH is 1. The maximum absolute atomic E-state index is 10.8. The van der Waals surface area contributed by atoms with E-state index in [1.807, 2.05) is 11.8 Å². The van der Waals surface area contributed by atoms with Crippen LogP contribution in [0.2, 0.25) is 0 Å². The van der Waals surface area contributed by atoms with Gasteiger partial charge in [-0.2, -0.15) is 12.7 Å². The molecule has 2 unspecified atom stereocenters. The number of nitrogens with zero attached hydrogens (tertiary/aromatic N) is 2. The lowest BCUT2D eigenvalue weighted by Gasteiger charge is -2.37. The third-order valence-electron chi connectivity index (χ3n) is 2.87. The van der Waals surface area contributed by atoms with Crippen LogP contribution in [0.3, 0.4) is 0 Å². The Labute approximate surface area is 90.4 Å². The summed E-state index contributed by atoms with van der Waals surface area (Å²) in [5.74, 6) is 0. The first kappa shape index (κ1) is 12.9. The molecule has 15 heavy (non-hydrogen) atoms. The largest absolute Gasteiger partial charge is 0.392 e. The molecule has 0 saturated carbocycles. The van der Waals surface area contributed by atoms with Crippen molar-refractivity contribution in [1.29, 1.82) is 0 Å². The second-order valence-electron chi connectivity index (χ2n) is 3.89. The first-order chi connectivity index (χ1) is 6.82. The van der Waals surface area contributed by atoms with Crippen molar-refractivity contribution in [2.75, 3.05) is 26.2 Å². The highest BCUT2D eigenvalue weighted by molar-refractivity contribution is 7.83. The first-order valence-corrected chi connectivity index (χ1v) is 6.36. The summed E-state index contributed by atoms with van der Waals surface area (Å²) >= 11 is 0. The summed E-state index contributed by atoms with van der Waals surface area (Å²) in [6.07, 6.45) is -0.442. The van der Waals surface area contributed by atoms with Crippen molar-refractivity contribution in [1.82, 2.24) is 9.21 Å². The lowest BCUT2D eigenvalue weighted by Crippen LogP contribution is -2.53. The molecule has 1 saturated heterocycles. The van der Waals surface area contributed by atoms with Crippen molar-refractivity contribution in [3.05, 3.63) is 0 Å². The monoisotopic (exact) mass is 238 g/mol. The Hall–Kier alpha value is -0.210. The average molecular weight is 238 g/mol. The molecule has 0 aromatic carbocycles. The Morgan fingerprint density at radius 1 is 1.13 bits per heavy atom. The minimum absolute atomic E-state index is 0.00791. The van der Waals surface area contributed by atoms with Crippen LogP contribution in [-0.4, -0.2) is 65.6 Å². The average Bonchev–Trinajstić information content (AvgIpc) is 2.15. The van der Waals surface area contributed by atoms with Gasteiger partial charge in [0.15, 0.2) is 0 Å². The van der Waals surface area contributed by atoms with Gasteiger partial charge in [-0.25, -0.2) is 0 Å². The minimum Gasteiger partial charge on any atom is -0.392 e. The van der Waals surface area contributed by atoms with Gasteiger partial charge in [-0.3, -0.25) is 9.45 Å². The van der Waals surface area contributed by atoms with Gasteiger partial charge < -0.3 is 5.11 Å². The number of aliphatic hydroxyl groups is 1. The van der Waals surface area contributed by atoms with Gasteiger partial charge in [0.05, 0.1) is 6.10 Å². The fourth-order valence-corrected chi connectivity index (χ4v) is 2.27. The maximum atomic E-state index is 10.8. The molecule has 2 atom stereocenters. The smallest absolute Gasteiger partial charge is 0.335 e. The van der Waals surface area contributed by atoms with Gasteiger partial charge in [0, 0.05) is 32.2 Å². The summed E-state index contributed by atoms with van der Waals surface area (Å²) in [5.41, 5.74) is 0. The Bertz CT molecular complexity index is 296. The summed E-state index contributed by atoms with van der Waals surface area (Å²) in [4.78, 5) is 2.01. The quantitative estimate of drug-likeness (QED) is 0.628. The zero-order valence-electron chi connectivity index (χ0n) is 9.00. The van der Waals surface area contributed by atoms with Crippen LogP contribution in [0.5, 0.6) is 0 Å². The van der Waals surface area contributed by atoms with Crippen molar-refractivity contribution < 1.29 is 18.1 Å². The van der Waals surface area contributed by atoms with E-state index in [9.17, 15) is 13.5 Å². The summed E-state index contributed by atoms with van der Waals surface area (Å²) in [6, 6.07) is 0.00791. The van der Waals surface area contributed by atoms with Gasteiger partial charge in [-0.1, -0.05) is 0 Å². The Morgan fingerprint density at radius 3 is 1.93 bits per heavy atom. The van der Waals surface area contributed by atoms with Gasteiger partial charge in [0.1, 0.15) is 0 Å². The zero-order chi connectivity index (χ0) is 11.6. The van der Waals surface area contributed by atoms with E-state index >= 15 is 0 Å². The second kappa shape index (κ2) is 4.75. The molecular formula is C8H18N2O4S. The van der Waals surface area contributed by atoms with Crippen LogP contribution >= 0.6 is 0 Å². The van der Waals surface area contributed by atoms with E-state index in [0.717, 1.165) is 4.31 Å². The van der Waals surface area contributed by atoms with Crippen LogP contribution in [0.25, 0.3) is 0 Å². The molecule has 0 amide bonds. The van der Waals surface area contributed by atoms with Crippen molar-refractivity contribution in [3.8, 4) is 0 Å².